The summed E-state index contributed by atoms with van der Waals surface area (Å²) in [7, 11) is 1.17. The molecular weight excluding hydrogens is 410 g/mol. The summed E-state index contributed by atoms with van der Waals surface area (Å²) in [6, 6.07) is -2.35. The van der Waals surface area contributed by atoms with Gasteiger partial charge >= 0.3 is 5.97 Å². The second-order valence-electron chi connectivity index (χ2n) is 4.95. The van der Waals surface area contributed by atoms with Gasteiger partial charge in [-0.3, -0.25) is 14.4 Å². The average Bonchev–Trinajstić information content (AvgIpc) is 2.55. The average molecular weight is 424 g/mol. The molecule has 4 atom stereocenters. The Bertz CT molecular complexity index is 613. The largest absolute Gasteiger partial charge is 0.480 e. The fourth-order valence-electron chi connectivity index (χ4n) is 2.43. The number of carboxylic acids is 1. The molecule has 2 heterocycles. The van der Waals surface area contributed by atoms with Crippen LogP contribution >= 0.6 is 27.7 Å². The molecule has 2 aliphatic rings. The third-order valence-electron chi connectivity index (χ3n) is 3.50. The molecule has 0 aromatic carbocycles. The van der Waals surface area contributed by atoms with E-state index < -0.39 is 52.8 Å². The minimum atomic E-state index is -1.35. The fourth-order valence-corrected chi connectivity index (χ4v) is 4.05. The Balaban J connectivity index is 2.11. The van der Waals surface area contributed by atoms with Gasteiger partial charge in [0.05, 0.1) is 11.4 Å². The first-order chi connectivity index (χ1) is 11.3. The smallest absolute Gasteiger partial charge is 0.329 e. The Morgan fingerprint density at radius 1 is 1.50 bits per heavy atom. The van der Waals surface area contributed by atoms with E-state index in [0.717, 1.165) is 16.7 Å². The molecule has 3 unspecified atom stereocenters. The highest BCUT2D eigenvalue weighted by Gasteiger charge is 2.58. The van der Waals surface area contributed by atoms with Crippen molar-refractivity contribution in [2.45, 2.75) is 23.6 Å². The second kappa shape index (κ2) is 7.49. The number of hydrogen-bond acceptors (Lipinski definition) is 8. The highest BCUT2D eigenvalue weighted by molar-refractivity contribution is 9.09. The first-order valence-electron chi connectivity index (χ1n) is 6.69. The van der Waals surface area contributed by atoms with E-state index in [4.69, 9.17) is 5.11 Å². The van der Waals surface area contributed by atoms with Crippen molar-refractivity contribution in [3.8, 4) is 0 Å². The lowest BCUT2D eigenvalue weighted by Crippen LogP contribution is -2.77. The molecule has 2 rings (SSSR count). The summed E-state index contributed by atoms with van der Waals surface area (Å²) in [5.41, 5.74) is -0.503. The van der Waals surface area contributed by atoms with E-state index in [1.165, 1.54) is 7.11 Å². The molecule has 0 spiro atoms. The van der Waals surface area contributed by atoms with E-state index in [1.54, 1.807) is 0 Å². The number of aliphatic carboxylic acids is 1. The summed E-state index contributed by atoms with van der Waals surface area (Å²) < 4.78 is 0. The number of alkyl halides is 1. The van der Waals surface area contributed by atoms with Crippen LogP contribution in [0, 0.1) is 0 Å². The Kier molecular flexibility index (Phi) is 5.83. The lowest BCUT2D eigenvalue weighted by molar-refractivity contribution is -0.167. The highest BCUT2D eigenvalue weighted by Crippen LogP contribution is 2.38. The van der Waals surface area contributed by atoms with Crippen LogP contribution in [0.2, 0.25) is 0 Å². The van der Waals surface area contributed by atoms with Gasteiger partial charge in [0.15, 0.2) is 6.04 Å². The number of amides is 2. The molecule has 0 radical (unpaired) electrons. The van der Waals surface area contributed by atoms with Gasteiger partial charge in [0.1, 0.15) is 18.5 Å². The number of carbonyl (C=O) groups is 4. The molecule has 10 nitrogen and oxygen atoms in total. The van der Waals surface area contributed by atoms with Crippen molar-refractivity contribution >= 4 is 57.0 Å². The van der Waals surface area contributed by atoms with Gasteiger partial charge in [0.25, 0.3) is 5.91 Å². The summed E-state index contributed by atoms with van der Waals surface area (Å²) in [6.07, 6.45) is -1.19. The van der Waals surface area contributed by atoms with E-state index in [-0.39, 0.29) is 11.1 Å². The van der Waals surface area contributed by atoms with Crippen molar-refractivity contribution in [2.75, 3.05) is 18.2 Å². The van der Waals surface area contributed by atoms with Crippen LogP contribution < -0.4 is 5.32 Å². The number of carbonyl (C=O) groups excluding carboxylic acids is 3. The minimum Gasteiger partial charge on any atom is -0.480 e. The number of Topliss-reactive ketones (excluding diaryl/α,β-unsaturated/α-hetero) is 1. The third-order valence-corrected chi connectivity index (χ3v) is 5.39. The van der Waals surface area contributed by atoms with Crippen LogP contribution in [0.5, 0.6) is 0 Å². The van der Waals surface area contributed by atoms with Crippen LogP contribution in [0.1, 0.15) is 0 Å². The molecule has 12 heteroatoms. The minimum absolute atomic E-state index is 0.108. The zero-order valence-corrected chi connectivity index (χ0v) is 14.7. The van der Waals surface area contributed by atoms with Crippen molar-refractivity contribution in [3.05, 3.63) is 0 Å². The zero-order chi connectivity index (χ0) is 18.0. The van der Waals surface area contributed by atoms with Crippen molar-refractivity contribution in [1.82, 2.24) is 10.2 Å². The Labute approximate surface area is 148 Å². The predicted octanol–water partition coefficient (Wildman–Crippen LogP) is -1.83. The lowest BCUT2D eigenvalue weighted by Gasteiger charge is -2.53. The van der Waals surface area contributed by atoms with Gasteiger partial charge in [0, 0.05) is 5.75 Å². The number of carboxylic acid groups (broad SMARTS) is 1. The topological polar surface area (TPSA) is 146 Å². The van der Waals surface area contributed by atoms with Crippen LogP contribution in [0.25, 0.3) is 0 Å². The summed E-state index contributed by atoms with van der Waals surface area (Å²) >= 11 is 4.06. The van der Waals surface area contributed by atoms with Crippen molar-refractivity contribution in [3.63, 3.8) is 0 Å². The maximum Gasteiger partial charge on any atom is 0.329 e. The highest BCUT2D eigenvalue weighted by atomic mass is 79.9. The number of halogens is 1. The zero-order valence-electron chi connectivity index (χ0n) is 12.3. The maximum absolute atomic E-state index is 12.2. The Morgan fingerprint density at radius 2 is 2.17 bits per heavy atom. The summed E-state index contributed by atoms with van der Waals surface area (Å²) in [5, 5.41) is 23.8. The van der Waals surface area contributed by atoms with E-state index in [0.29, 0.717) is 0 Å². The third kappa shape index (κ3) is 3.26. The predicted molar refractivity (Wildman–Crippen MR) is 85.7 cm³/mol. The normalized spacial score (nSPS) is 29.4. The number of β-lactam (4-membered cyclic amide) rings is 1. The van der Waals surface area contributed by atoms with Crippen LogP contribution in [-0.2, 0) is 24.0 Å². The van der Waals surface area contributed by atoms with Crippen molar-refractivity contribution in [2.24, 2.45) is 5.16 Å². The van der Waals surface area contributed by atoms with Gasteiger partial charge in [-0.1, -0.05) is 21.1 Å². The van der Waals surface area contributed by atoms with E-state index in [2.05, 4.69) is 31.2 Å². The molecule has 0 aromatic heterocycles. The summed E-state index contributed by atoms with van der Waals surface area (Å²) in [6.45, 7) is 0. The van der Waals surface area contributed by atoms with E-state index in [1.807, 2.05) is 0 Å². The molecule has 2 fully saturated rings. The number of ketones is 1. The quantitative estimate of drug-likeness (QED) is 0.148. The van der Waals surface area contributed by atoms with Crippen molar-refractivity contribution < 1.29 is 34.2 Å². The number of oxime groups is 1. The number of hydrogen-bond donors (Lipinski definition) is 3. The number of rotatable bonds is 6. The monoisotopic (exact) mass is 423 g/mol. The summed E-state index contributed by atoms with van der Waals surface area (Å²) in [5.74, 6) is -3.37. The van der Waals surface area contributed by atoms with Gasteiger partial charge in [-0.2, -0.15) is 0 Å². The van der Waals surface area contributed by atoms with Gasteiger partial charge < -0.3 is 25.3 Å². The molecular formula is C12H14BrN3O7S. The molecule has 2 aliphatic heterocycles. The lowest BCUT2D eigenvalue weighted by atomic mass is 9.99. The number of fused-ring (bicyclic) bond motifs is 1. The number of nitrogens with zero attached hydrogens (tertiary/aromatic N) is 2. The molecule has 2 amide bonds. The molecule has 24 heavy (non-hydrogen) atoms. The molecule has 0 bridgehead atoms. The first-order valence-corrected chi connectivity index (χ1v) is 8.86. The SMILES string of the molecule is CON=C(C(=O)CBr)C(=O)NC1C(=O)N2C(C(=O)O)C(O)CS[C@@H]12. The van der Waals surface area contributed by atoms with Crippen LogP contribution in [0.15, 0.2) is 5.16 Å². The summed E-state index contributed by atoms with van der Waals surface area (Å²) in [4.78, 5) is 52.6. The standard InChI is InChI=1S/C12H14BrN3O7S/c1-23-15-6(4(17)2-13)9(19)14-7-10(20)16-8(12(21)22)5(18)3-24-11(7)16/h5,7-8,11,18H,2-3H2,1H3,(H,14,19)(H,21,22)/t5?,7?,8?,11-/m0/s1. The molecule has 0 aliphatic carbocycles. The number of nitrogens with one attached hydrogen (secondary N) is 1. The van der Waals surface area contributed by atoms with Gasteiger partial charge in [-0.15, -0.1) is 11.8 Å². The maximum atomic E-state index is 12.2. The van der Waals surface area contributed by atoms with Crippen LogP contribution in [-0.4, -0.2) is 86.1 Å². The van der Waals surface area contributed by atoms with Crippen LogP contribution in [0.4, 0.5) is 0 Å². The van der Waals surface area contributed by atoms with E-state index >= 15 is 0 Å². The number of thioether (sulfide) groups is 1. The Hall–Kier alpha value is -1.66. The number of aliphatic hydroxyl groups excluding tert-OH is 1. The number of aliphatic hydroxyl groups is 1. The van der Waals surface area contributed by atoms with Crippen molar-refractivity contribution in [1.29, 1.82) is 0 Å². The molecule has 3 N–H and O–H groups in total. The fraction of sp³-hybridized carbons (Fsp3) is 0.583. The van der Waals surface area contributed by atoms with Gasteiger partial charge in [0.2, 0.25) is 17.4 Å². The first kappa shape index (κ1) is 18.7. The Morgan fingerprint density at radius 3 is 2.71 bits per heavy atom. The molecule has 0 aromatic rings. The van der Waals surface area contributed by atoms with Gasteiger partial charge in [-0.05, 0) is 0 Å². The van der Waals surface area contributed by atoms with E-state index in [9.17, 15) is 24.3 Å². The molecule has 0 saturated carbocycles. The molecule has 132 valence electrons. The second-order valence-corrected chi connectivity index (χ2v) is 6.66. The van der Waals surface area contributed by atoms with Crippen LogP contribution in [0.3, 0.4) is 0 Å². The molecule has 2 saturated heterocycles. The van der Waals surface area contributed by atoms with Gasteiger partial charge in [-0.25, -0.2) is 4.79 Å².